The van der Waals surface area contributed by atoms with Gasteiger partial charge in [0.15, 0.2) is 0 Å². The maximum absolute atomic E-state index is 10.9. The van der Waals surface area contributed by atoms with Gasteiger partial charge in [-0.25, -0.2) is 0 Å². The Labute approximate surface area is 192 Å². The van der Waals surface area contributed by atoms with Crippen molar-refractivity contribution in [1.29, 1.82) is 0 Å². The maximum atomic E-state index is 10.9. The Hall–Kier alpha value is -0.300. The van der Waals surface area contributed by atoms with Crippen LogP contribution in [0.15, 0.2) is 11.6 Å². The molecule has 0 aliphatic heterocycles. The molecule has 0 saturated heterocycles. The number of aliphatic hydroxyl groups excluding tert-OH is 1. The van der Waals surface area contributed by atoms with Crippen LogP contribution in [-0.2, 0) is 0 Å². The van der Waals surface area contributed by atoms with Crippen molar-refractivity contribution in [3.8, 4) is 0 Å². The average molecular weight is 427 g/mol. The Morgan fingerprint density at radius 3 is 2.06 bits per heavy atom. The highest BCUT2D eigenvalue weighted by atomic mass is 16.3. The van der Waals surface area contributed by atoms with Crippen LogP contribution in [0.2, 0.25) is 0 Å². The zero-order chi connectivity index (χ0) is 22.7. The van der Waals surface area contributed by atoms with Crippen LogP contribution >= 0.6 is 0 Å². The van der Waals surface area contributed by atoms with Gasteiger partial charge in [-0.05, 0) is 114 Å². The van der Waals surface area contributed by atoms with Crippen molar-refractivity contribution in [3.05, 3.63) is 11.6 Å². The van der Waals surface area contributed by atoms with Crippen molar-refractivity contribution < 1.29 is 5.11 Å². The summed E-state index contributed by atoms with van der Waals surface area (Å²) >= 11 is 0. The lowest BCUT2D eigenvalue weighted by molar-refractivity contribution is -0.228. The second kappa shape index (κ2) is 6.43. The predicted octanol–water partition coefficient (Wildman–Crippen LogP) is 8.17. The Morgan fingerprint density at radius 1 is 0.677 bits per heavy atom. The fraction of sp³-hybridized carbons (Fsp3) is 0.933. The van der Waals surface area contributed by atoms with Gasteiger partial charge < -0.3 is 5.11 Å². The molecule has 176 valence electrons. The van der Waals surface area contributed by atoms with Crippen LogP contribution in [0.25, 0.3) is 0 Å². The van der Waals surface area contributed by atoms with Crippen LogP contribution in [0, 0.1) is 50.2 Å². The van der Waals surface area contributed by atoms with Crippen LogP contribution in [-0.4, -0.2) is 11.2 Å². The summed E-state index contributed by atoms with van der Waals surface area (Å²) in [6, 6.07) is 0. The molecule has 4 saturated carbocycles. The molecule has 0 heterocycles. The third kappa shape index (κ3) is 2.77. The van der Waals surface area contributed by atoms with Crippen LogP contribution in [0.5, 0.6) is 0 Å². The number of allylic oxidation sites excluding steroid dienone is 2. The van der Waals surface area contributed by atoms with Gasteiger partial charge in [0.05, 0.1) is 6.10 Å². The maximum Gasteiger partial charge on any atom is 0.0594 e. The second-order valence-corrected chi connectivity index (χ2v) is 15.1. The lowest BCUT2D eigenvalue weighted by Gasteiger charge is -2.72. The minimum Gasteiger partial charge on any atom is -0.393 e. The molecule has 0 aromatic heterocycles. The number of hydrogen-bond acceptors (Lipinski definition) is 1. The average Bonchev–Trinajstić information content (AvgIpc) is 2.67. The molecule has 0 spiro atoms. The molecule has 0 aromatic carbocycles. The molecule has 0 aromatic rings. The first kappa shape index (κ1) is 22.5. The van der Waals surface area contributed by atoms with E-state index in [4.69, 9.17) is 0 Å². The lowest BCUT2D eigenvalue weighted by Crippen LogP contribution is -2.65. The topological polar surface area (TPSA) is 20.2 Å². The second-order valence-electron chi connectivity index (χ2n) is 15.1. The summed E-state index contributed by atoms with van der Waals surface area (Å²) < 4.78 is 0. The summed E-state index contributed by atoms with van der Waals surface area (Å²) in [6.45, 7) is 20.4. The molecule has 1 N–H and O–H groups in total. The smallest absolute Gasteiger partial charge is 0.0594 e. The third-order valence-electron chi connectivity index (χ3n) is 13.0. The van der Waals surface area contributed by atoms with E-state index in [9.17, 15) is 5.11 Å². The van der Waals surface area contributed by atoms with Crippen molar-refractivity contribution in [2.45, 2.75) is 126 Å². The van der Waals surface area contributed by atoms with Crippen molar-refractivity contribution in [2.75, 3.05) is 0 Å². The SMILES string of the molecule is CC1(C)C=C2[C@@H]3CC[C@@H]4[C@@]5(C)CC[C@H](O)C(C)(C)[C@@H]5CC[C@@]4(C)[C@]3(C)CC[C@@]2(C)CC1. The molecule has 31 heavy (non-hydrogen) atoms. The molecule has 0 bridgehead atoms. The first-order valence-electron chi connectivity index (χ1n) is 13.6. The minimum absolute atomic E-state index is 0.0626. The summed E-state index contributed by atoms with van der Waals surface area (Å²) in [7, 11) is 0. The Kier molecular flexibility index (Phi) is 4.66. The standard InChI is InChI=1S/C30H50O/c1-25(2)15-16-27(5)17-18-29(7)20(21(27)19-25)9-10-23-28(6)13-12-24(31)26(3,4)22(28)11-14-30(23,29)8/h19-20,22-24,31H,9-18H2,1-8H3/t20-,22-,23+,24-,27+,28-,29+,30+/m0/s1. The summed E-state index contributed by atoms with van der Waals surface area (Å²) in [4.78, 5) is 0. The van der Waals surface area contributed by atoms with Gasteiger partial charge in [-0.15, -0.1) is 0 Å². The Morgan fingerprint density at radius 2 is 1.35 bits per heavy atom. The van der Waals surface area contributed by atoms with E-state index in [1.165, 1.54) is 57.8 Å². The number of hydrogen-bond donors (Lipinski definition) is 1. The molecule has 4 fully saturated rings. The highest BCUT2D eigenvalue weighted by Gasteiger charge is 2.68. The van der Waals surface area contributed by atoms with E-state index in [1.54, 1.807) is 0 Å². The predicted molar refractivity (Wildman–Crippen MR) is 131 cm³/mol. The number of fused-ring (bicyclic) bond motifs is 7. The highest BCUT2D eigenvalue weighted by Crippen LogP contribution is 2.76. The minimum atomic E-state index is -0.119. The summed E-state index contributed by atoms with van der Waals surface area (Å²) in [6.07, 6.45) is 15.9. The zero-order valence-corrected chi connectivity index (χ0v) is 21.9. The molecule has 0 unspecified atom stereocenters. The fourth-order valence-electron chi connectivity index (χ4n) is 10.6. The van der Waals surface area contributed by atoms with E-state index in [0.717, 1.165) is 18.3 Å². The number of rotatable bonds is 0. The van der Waals surface area contributed by atoms with E-state index in [-0.39, 0.29) is 11.5 Å². The molecule has 8 atom stereocenters. The van der Waals surface area contributed by atoms with Gasteiger partial charge in [0, 0.05) is 0 Å². The molecular formula is C30H50O. The van der Waals surface area contributed by atoms with Gasteiger partial charge in [-0.1, -0.05) is 67.0 Å². The molecule has 0 radical (unpaired) electrons. The van der Waals surface area contributed by atoms with Crippen LogP contribution in [0.3, 0.4) is 0 Å². The van der Waals surface area contributed by atoms with E-state index < -0.39 is 0 Å². The van der Waals surface area contributed by atoms with E-state index >= 15 is 0 Å². The fourth-order valence-corrected chi connectivity index (χ4v) is 10.6. The van der Waals surface area contributed by atoms with E-state index in [2.05, 4.69) is 61.5 Å². The normalized spacial score (nSPS) is 55.2. The van der Waals surface area contributed by atoms with Gasteiger partial charge in [0.1, 0.15) is 0 Å². The molecule has 5 rings (SSSR count). The van der Waals surface area contributed by atoms with Crippen molar-refractivity contribution in [1.82, 2.24) is 0 Å². The molecule has 5 aliphatic carbocycles. The van der Waals surface area contributed by atoms with Crippen LogP contribution in [0.4, 0.5) is 0 Å². The molecule has 0 amide bonds. The van der Waals surface area contributed by atoms with Gasteiger partial charge >= 0.3 is 0 Å². The van der Waals surface area contributed by atoms with Crippen LogP contribution in [0.1, 0.15) is 120 Å². The molecule has 1 nitrogen and oxygen atoms in total. The van der Waals surface area contributed by atoms with Gasteiger partial charge in [0.2, 0.25) is 0 Å². The monoisotopic (exact) mass is 426 g/mol. The first-order valence-corrected chi connectivity index (χ1v) is 13.6. The first-order chi connectivity index (χ1) is 14.2. The zero-order valence-electron chi connectivity index (χ0n) is 21.9. The Bertz CT molecular complexity index is 790. The van der Waals surface area contributed by atoms with Crippen molar-refractivity contribution in [2.24, 2.45) is 50.2 Å². The van der Waals surface area contributed by atoms with E-state index in [1.807, 2.05) is 5.57 Å². The summed E-state index contributed by atoms with van der Waals surface area (Å²) in [5.41, 5.74) is 4.02. The van der Waals surface area contributed by atoms with Gasteiger partial charge in [0.25, 0.3) is 0 Å². The number of aliphatic hydroxyl groups is 1. The molecular weight excluding hydrogens is 376 g/mol. The summed E-state index contributed by atoms with van der Waals surface area (Å²) in [5, 5.41) is 10.9. The lowest BCUT2D eigenvalue weighted by atomic mass is 9.32. The quantitative estimate of drug-likeness (QED) is 0.387. The summed E-state index contributed by atoms with van der Waals surface area (Å²) in [5.74, 6) is 2.27. The molecule has 5 aliphatic rings. The molecule has 1 heteroatoms. The van der Waals surface area contributed by atoms with Crippen molar-refractivity contribution in [3.63, 3.8) is 0 Å². The van der Waals surface area contributed by atoms with Gasteiger partial charge in [-0.2, -0.15) is 0 Å². The van der Waals surface area contributed by atoms with Gasteiger partial charge in [-0.3, -0.25) is 0 Å². The largest absolute Gasteiger partial charge is 0.393 e. The van der Waals surface area contributed by atoms with E-state index in [0.29, 0.717) is 33.0 Å². The third-order valence-corrected chi connectivity index (χ3v) is 13.0. The van der Waals surface area contributed by atoms with Crippen molar-refractivity contribution >= 4 is 0 Å². The highest BCUT2D eigenvalue weighted by molar-refractivity contribution is 5.31. The Balaban J connectivity index is 1.56. The van der Waals surface area contributed by atoms with Crippen LogP contribution < -0.4 is 0 Å².